The largest absolute Gasteiger partial charge is 0.490 e. The molecule has 0 spiro atoms. The molecular weight excluding hydrogens is 356 g/mol. The van der Waals surface area contributed by atoms with E-state index in [0.29, 0.717) is 17.3 Å². The summed E-state index contributed by atoms with van der Waals surface area (Å²) in [6.07, 6.45) is 2.92. The monoisotopic (exact) mass is 382 g/mol. The number of nitrogens with zero attached hydrogens (tertiary/aromatic N) is 4. The van der Waals surface area contributed by atoms with Crippen molar-refractivity contribution in [3.8, 4) is 5.75 Å². The van der Waals surface area contributed by atoms with Crippen molar-refractivity contribution in [3.63, 3.8) is 0 Å². The number of fused-ring (bicyclic) bond motifs is 1. The number of rotatable bonds is 7. The average Bonchev–Trinajstić information content (AvgIpc) is 3.12. The van der Waals surface area contributed by atoms with Gasteiger partial charge in [0.05, 0.1) is 11.3 Å². The number of esters is 1. The Balaban J connectivity index is 1.61. The Hall–Kier alpha value is -2.96. The fourth-order valence-corrected chi connectivity index (χ4v) is 3.27. The summed E-state index contributed by atoms with van der Waals surface area (Å²) in [5, 5.41) is 4.16. The zero-order valence-electron chi connectivity index (χ0n) is 17.0. The minimum atomic E-state index is -0.441. The first-order valence-electron chi connectivity index (χ1n) is 9.47. The van der Waals surface area contributed by atoms with Crippen molar-refractivity contribution in [1.29, 1.82) is 0 Å². The molecule has 0 radical (unpaired) electrons. The summed E-state index contributed by atoms with van der Waals surface area (Å²) in [7, 11) is 0. The molecule has 0 atom stereocenters. The molecule has 0 amide bonds. The lowest BCUT2D eigenvalue weighted by molar-refractivity contribution is 0.0447. The van der Waals surface area contributed by atoms with Crippen LogP contribution in [0.3, 0.4) is 0 Å². The van der Waals surface area contributed by atoms with Crippen molar-refractivity contribution in [1.82, 2.24) is 19.6 Å². The van der Waals surface area contributed by atoms with E-state index < -0.39 is 5.97 Å². The molecule has 0 aliphatic heterocycles. The number of ether oxygens (including phenoxy) is 2. The van der Waals surface area contributed by atoms with Crippen LogP contribution in [0, 0.1) is 6.92 Å². The van der Waals surface area contributed by atoms with Crippen LogP contribution in [0.5, 0.6) is 5.75 Å². The summed E-state index contributed by atoms with van der Waals surface area (Å²) in [4.78, 5) is 20.8. The van der Waals surface area contributed by atoms with Gasteiger partial charge < -0.3 is 9.47 Å². The molecule has 0 N–H and O–H groups in total. The van der Waals surface area contributed by atoms with E-state index in [1.165, 1.54) is 23.7 Å². The molecule has 2 heterocycles. The molecule has 7 nitrogen and oxygen atoms in total. The topological polar surface area (TPSA) is 78.6 Å². The van der Waals surface area contributed by atoms with E-state index in [1.807, 2.05) is 26.0 Å². The Morgan fingerprint density at radius 1 is 1.11 bits per heavy atom. The van der Waals surface area contributed by atoms with Crippen LogP contribution in [0.4, 0.5) is 0 Å². The normalized spacial score (nSPS) is 11.4. The number of benzene rings is 1. The molecule has 3 rings (SSSR count). The van der Waals surface area contributed by atoms with Gasteiger partial charge in [-0.05, 0) is 42.0 Å². The fourth-order valence-electron chi connectivity index (χ4n) is 3.27. The van der Waals surface area contributed by atoms with Crippen molar-refractivity contribution in [2.75, 3.05) is 13.2 Å². The number of hydrogen-bond donors (Lipinski definition) is 0. The Bertz CT molecular complexity index is 979. The molecule has 0 aliphatic carbocycles. The van der Waals surface area contributed by atoms with Crippen molar-refractivity contribution in [2.24, 2.45) is 0 Å². The molecule has 0 saturated carbocycles. The van der Waals surface area contributed by atoms with E-state index in [0.717, 1.165) is 11.4 Å². The van der Waals surface area contributed by atoms with Gasteiger partial charge in [0.1, 0.15) is 25.3 Å². The molecule has 0 unspecified atom stereocenters. The number of aryl methyl sites for hydroxylation is 1. The lowest BCUT2D eigenvalue weighted by atomic mass is 9.98. The van der Waals surface area contributed by atoms with E-state index in [2.05, 4.69) is 41.9 Å². The third-order valence-electron chi connectivity index (χ3n) is 4.56. The molecule has 0 fully saturated rings. The summed E-state index contributed by atoms with van der Waals surface area (Å²) >= 11 is 0. The van der Waals surface area contributed by atoms with E-state index in [1.54, 1.807) is 4.52 Å². The van der Waals surface area contributed by atoms with Gasteiger partial charge in [-0.15, -0.1) is 0 Å². The first-order valence-corrected chi connectivity index (χ1v) is 9.47. The number of carbonyl (C=O) groups excluding carboxylic acids is 1. The molecular formula is C21H26N4O3. The van der Waals surface area contributed by atoms with Crippen molar-refractivity contribution in [2.45, 2.75) is 46.5 Å². The van der Waals surface area contributed by atoms with Crippen LogP contribution in [0.25, 0.3) is 5.78 Å². The molecule has 1 aromatic carbocycles. The predicted octanol–water partition coefficient (Wildman–Crippen LogP) is 3.92. The SMILES string of the molecule is Cc1cc(OCCOC(=O)c2cnc3ncnn3c2C(C)C)ccc1C(C)C. The highest BCUT2D eigenvalue weighted by Crippen LogP contribution is 2.23. The maximum absolute atomic E-state index is 12.5. The Morgan fingerprint density at radius 3 is 2.57 bits per heavy atom. The van der Waals surface area contributed by atoms with Gasteiger partial charge in [-0.25, -0.2) is 14.3 Å². The molecule has 7 heteroatoms. The Morgan fingerprint density at radius 2 is 1.89 bits per heavy atom. The smallest absolute Gasteiger partial charge is 0.341 e. The highest BCUT2D eigenvalue weighted by atomic mass is 16.6. The lowest BCUT2D eigenvalue weighted by Gasteiger charge is -2.14. The van der Waals surface area contributed by atoms with Crippen LogP contribution < -0.4 is 4.74 Å². The summed E-state index contributed by atoms with van der Waals surface area (Å²) in [5.41, 5.74) is 3.62. The maximum Gasteiger partial charge on any atom is 0.341 e. The third-order valence-corrected chi connectivity index (χ3v) is 4.56. The molecule has 3 aromatic rings. The zero-order valence-corrected chi connectivity index (χ0v) is 17.0. The fraction of sp³-hybridized carbons (Fsp3) is 0.429. The van der Waals surface area contributed by atoms with Gasteiger partial charge in [0.2, 0.25) is 0 Å². The average molecular weight is 382 g/mol. The minimum absolute atomic E-state index is 0.0634. The molecule has 0 aliphatic rings. The van der Waals surface area contributed by atoms with Gasteiger partial charge in [0.15, 0.2) is 0 Å². The lowest BCUT2D eigenvalue weighted by Crippen LogP contribution is -2.17. The van der Waals surface area contributed by atoms with E-state index in [9.17, 15) is 4.79 Å². The van der Waals surface area contributed by atoms with Gasteiger partial charge in [-0.1, -0.05) is 33.8 Å². The van der Waals surface area contributed by atoms with Crippen LogP contribution in [0.1, 0.15) is 66.7 Å². The maximum atomic E-state index is 12.5. The van der Waals surface area contributed by atoms with Gasteiger partial charge >= 0.3 is 5.97 Å². The van der Waals surface area contributed by atoms with Crippen LogP contribution >= 0.6 is 0 Å². The van der Waals surface area contributed by atoms with E-state index in [-0.39, 0.29) is 19.1 Å². The molecule has 2 aromatic heterocycles. The third kappa shape index (κ3) is 4.13. The minimum Gasteiger partial charge on any atom is -0.490 e. The quantitative estimate of drug-likeness (QED) is 0.455. The summed E-state index contributed by atoms with van der Waals surface area (Å²) in [6, 6.07) is 6.04. The summed E-state index contributed by atoms with van der Waals surface area (Å²) in [5.74, 6) is 1.33. The number of carbonyl (C=O) groups is 1. The van der Waals surface area contributed by atoms with Gasteiger partial charge in [-0.3, -0.25) is 0 Å². The van der Waals surface area contributed by atoms with Crippen LogP contribution in [0.2, 0.25) is 0 Å². The van der Waals surface area contributed by atoms with Crippen LogP contribution in [0.15, 0.2) is 30.7 Å². The van der Waals surface area contributed by atoms with Crippen LogP contribution in [-0.2, 0) is 4.74 Å². The van der Waals surface area contributed by atoms with Crippen molar-refractivity contribution >= 4 is 11.7 Å². The molecule has 148 valence electrons. The van der Waals surface area contributed by atoms with Gasteiger partial charge in [0, 0.05) is 6.20 Å². The first kappa shape index (κ1) is 19.8. The standard InChI is InChI=1S/C21H26N4O3/c1-13(2)17-7-6-16(10-15(17)5)27-8-9-28-20(26)18-11-22-21-23-12-24-25(21)19(18)14(3)4/h6-7,10-14H,8-9H2,1-5H3. The van der Waals surface area contributed by atoms with E-state index in [4.69, 9.17) is 9.47 Å². The second-order valence-corrected chi connectivity index (χ2v) is 7.34. The molecule has 0 bridgehead atoms. The Kier molecular flexibility index (Phi) is 5.92. The second-order valence-electron chi connectivity index (χ2n) is 7.34. The number of aromatic nitrogens is 4. The first-order chi connectivity index (χ1) is 13.4. The van der Waals surface area contributed by atoms with Crippen molar-refractivity contribution in [3.05, 3.63) is 53.1 Å². The molecule has 0 saturated heterocycles. The summed E-state index contributed by atoms with van der Waals surface area (Å²) < 4.78 is 12.7. The highest BCUT2D eigenvalue weighted by Gasteiger charge is 2.20. The van der Waals surface area contributed by atoms with Gasteiger partial charge in [-0.2, -0.15) is 10.1 Å². The van der Waals surface area contributed by atoms with Crippen LogP contribution in [-0.4, -0.2) is 38.8 Å². The zero-order chi connectivity index (χ0) is 20.3. The predicted molar refractivity (Wildman–Crippen MR) is 106 cm³/mol. The number of hydrogen-bond acceptors (Lipinski definition) is 6. The van der Waals surface area contributed by atoms with Gasteiger partial charge in [0.25, 0.3) is 5.78 Å². The highest BCUT2D eigenvalue weighted by molar-refractivity contribution is 5.90. The Labute approximate surface area is 164 Å². The summed E-state index contributed by atoms with van der Waals surface area (Å²) in [6.45, 7) is 10.8. The van der Waals surface area contributed by atoms with E-state index >= 15 is 0 Å². The molecule has 28 heavy (non-hydrogen) atoms. The van der Waals surface area contributed by atoms with Crippen molar-refractivity contribution < 1.29 is 14.3 Å². The second kappa shape index (κ2) is 8.37.